The van der Waals surface area contributed by atoms with E-state index in [4.69, 9.17) is 0 Å². The number of halogens is 1. The third-order valence-electron chi connectivity index (χ3n) is 3.42. The molecule has 0 aliphatic carbocycles. The molecule has 0 heterocycles. The SMILES string of the molecule is CC(Cc1ccc(F)cc1)NC(C)C(=O)Nc1ccccc1. The van der Waals surface area contributed by atoms with Crippen LogP contribution in [-0.2, 0) is 11.2 Å². The van der Waals surface area contributed by atoms with Crippen molar-refractivity contribution in [1.29, 1.82) is 0 Å². The highest BCUT2D eigenvalue weighted by atomic mass is 19.1. The van der Waals surface area contributed by atoms with Gasteiger partial charge in [0.05, 0.1) is 6.04 Å². The van der Waals surface area contributed by atoms with E-state index in [9.17, 15) is 9.18 Å². The van der Waals surface area contributed by atoms with Crippen LogP contribution >= 0.6 is 0 Å². The summed E-state index contributed by atoms with van der Waals surface area (Å²) in [7, 11) is 0. The highest BCUT2D eigenvalue weighted by molar-refractivity contribution is 5.94. The Balaban J connectivity index is 1.83. The third-order valence-corrected chi connectivity index (χ3v) is 3.42. The van der Waals surface area contributed by atoms with Crippen molar-refractivity contribution in [3.8, 4) is 0 Å². The van der Waals surface area contributed by atoms with Gasteiger partial charge in [-0.1, -0.05) is 30.3 Å². The van der Waals surface area contributed by atoms with Gasteiger partial charge in [0.2, 0.25) is 5.91 Å². The summed E-state index contributed by atoms with van der Waals surface area (Å²) >= 11 is 0. The van der Waals surface area contributed by atoms with Crippen LogP contribution in [0.5, 0.6) is 0 Å². The van der Waals surface area contributed by atoms with Crippen LogP contribution in [0.25, 0.3) is 0 Å². The smallest absolute Gasteiger partial charge is 0.241 e. The molecule has 116 valence electrons. The maximum atomic E-state index is 12.9. The lowest BCUT2D eigenvalue weighted by atomic mass is 10.1. The predicted octanol–water partition coefficient (Wildman–Crippen LogP) is 3.37. The fourth-order valence-electron chi connectivity index (χ4n) is 2.31. The molecule has 0 fully saturated rings. The summed E-state index contributed by atoms with van der Waals surface area (Å²) in [6.45, 7) is 3.84. The van der Waals surface area contributed by atoms with Crippen molar-refractivity contribution in [2.45, 2.75) is 32.4 Å². The van der Waals surface area contributed by atoms with Crippen LogP contribution in [0.4, 0.5) is 10.1 Å². The molecule has 2 atom stereocenters. The van der Waals surface area contributed by atoms with Gasteiger partial charge in [-0.25, -0.2) is 4.39 Å². The highest BCUT2D eigenvalue weighted by Crippen LogP contribution is 2.08. The standard InChI is InChI=1S/C18H21FN2O/c1-13(12-15-8-10-16(19)11-9-15)20-14(2)18(22)21-17-6-4-3-5-7-17/h3-11,13-14,20H,12H2,1-2H3,(H,21,22). The second-order valence-electron chi connectivity index (χ2n) is 5.48. The summed E-state index contributed by atoms with van der Waals surface area (Å²) in [6, 6.07) is 15.6. The molecule has 0 radical (unpaired) electrons. The lowest BCUT2D eigenvalue weighted by molar-refractivity contribution is -0.117. The van der Waals surface area contributed by atoms with Crippen molar-refractivity contribution < 1.29 is 9.18 Å². The zero-order valence-electron chi connectivity index (χ0n) is 12.8. The number of hydrogen-bond donors (Lipinski definition) is 2. The van der Waals surface area contributed by atoms with E-state index in [1.54, 1.807) is 12.1 Å². The summed E-state index contributed by atoms with van der Waals surface area (Å²) < 4.78 is 12.9. The molecular weight excluding hydrogens is 279 g/mol. The van der Waals surface area contributed by atoms with Gasteiger partial charge in [0.1, 0.15) is 5.82 Å². The first-order valence-corrected chi connectivity index (χ1v) is 7.41. The summed E-state index contributed by atoms with van der Waals surface area (Å²) in [6.07, 6.45) is 0.739. The van der Waals surface area contributed by atoms with E-state index < -0.39 is 0 Å². The zero-order valence-corrected chi connectivity index (χ0v) is 12.8. The van der Waals surface area contributed by atoms with Gasteiger partial charge in [0.15, 0.2) is 0 Å². The van der Waals surface area contributed by atoms with Crippen LogP contribution in [0, 0.1) is 5.82 Å². The van der Waals surface area contributed by atoms with Crippen LogP contribution in [0.3, 0.4) is 0 Å². The molecule has 0 bridgehead atoms. The fourth-order valence-corrected chi connectivity index (χ4v) is 2.31. The van der Waals surface area contributed by atoms with Crippen LogP contribution < -0.4 is 10.6 Å². The van der Waals surface area contributed by atoms with Gasteiger partial charge in [-0.3, -0.25) is 4.79 Å². The summed E-state index contributed by atoms with van der Waals surface area (Å²) in [5.41, 5.74) is 1.82. The maximum Gasteiger partial charge on any atom is 0.241 e. The van der Waals surface area contributed by atoms with E-state index in [1.165, 1.54) is 12.1 Å². The van der Waals surface area contributed by atoms with E-state index >= 15 is 0 Å². The molecule has 0 aliphatic heterocycles. The Labute approximate surface area is 130 Å². The van der Waals surface area contributed by atoms with E-state index in [0.717, 1.165) is 17.7 Å². The molecule has 22 heavy (non-hydrogen) atoms. The fraction of sp³-hybridized carbons (Fsp3) is 0.278. The predicted molar refractivity (Wildman–Crippen MR) is 87.2 cm³/mol. The first kappa shape index (κ1) is 16.2. The second kappa shape index (κ2) is 7.71. The Morgan fingerprint density at radius 3 is 2.32 bits per heavy atom. The lowest BCUT2D eigenvalue weighted by Gasteiger charge is -2.19. The number of benzene rings is 2. The minimum Gasteiger partial charge on any atom is -0.325 e. The number of hydrogen-bond acceptors (Lipinski definition) is 2. The monoisotopic (exact) mass is 300 g/mol. The maximum absolute atomic E-state index is 12.9. The van der Waals surface area contributed by atoms with E-state index in [2.05, 4.69) is 10.6 Å². The molecule has 2 unspecified atom stereocenters. The molecule has 0 saturated carbocycles. The molecule has 2 aromatic rings. The van der Waals surface area contributed by atoms with Gasteiger partial charge in [-0.15, -0.1) is 0 Å². The number of nitrogens with one attached hydrogen (secondary N) is 2. The van der Waals surface area contributed by atoms with Crippen molar-refractivity contribution >= 4 is 11.6 Å². The number of para-hydroxylation sites is 1. The molecular formula is C18H21FN2O. The minimum absolute atomic E-state index is 0.0721. The molecule has 3 nitrogen and oxygen atoms in total. The van der Waals surface area contributed by atoms with Gasteiger partial charge in [-0.2, -0.15) is 0 Å². The summed E-state index contributed by atoms with van der Waals surface area (Å²) in [5, 5.41) is 6.12. The average molecular weight is 300 g/mol. The molecule has 0 saturated heterocycles. The van der Waals surface area contributed by atoms with Gasteiger partial charge < -0.3 is 10.6 Å². The molecule has 2 aromatic carbocycles. The van der Waals surface area contributed by atoms with Gasteiger partial charge in [-0.05, 0) is 50.1 Å². The topological polar surface area (TPSA) is 41.1 Å². The molecule has 1 amide bonds. The first-order chi connectivity index (χ1) is 10.5. The lowest BCUT2D eigenvalue weighted by Crippen LogP contribution is -2.43. The molecule has 0 aliphatic rings. The zero-order chi connectivity index (χ0) is 15.9. The van der Waals surface area contributed by atoms with E-state index in [1.807, 2.05) is 44.2 Å². The highest BCUT2D eigenvalue weighted by Gasteiger charge is 2.15. The second-order valence-corrected chi connectivity index (χ2v) is 5.48. The molecule has 2 N–H and O–H groups in total. The van der Waals surface area contributed by atoms with E-state index in [0.29, 0.717) is 0 Å². The Kier molecular flexibility index (Phi) is 5.67. The normalized spacial score (nSPS) is 13.4. The van der Waals surface area contributed by atoms with Crippen molar-refractivity contribution in [2.75, 3.05) is 5.32 Å². The molecule has 2 rings (SSSR count). The Morgan fingerprint density at radius 1 is 1.05 bits per heavy atom. The molecule has 4 heteroatoms. The number of amides is 1. The number of carbonyl (C=O) groups excluding carboxylic acids is 1. The average Bonchev–Trinajstić information content (AvgIpc) is 2.50. The van der Waals surface area contributed by atoms with Crippen LogP contribution in [0.2, 0.25) is 0 Å². The molecule has 0 spiro atoms. The summed E-state index contributed by atoms with van der Waals surface area (Å²) in [4.78, 5) is 12.1. The minimum atomic E-state index is -0.310. The van der Waals surface area contributed by atoms with Crippen LogP contribution in [0.15, 0.2) is 54.6 Å². The van der Waals surface area contributed by atoms with Crippen LogP contribution in [0.1, 0.15) is 19.4 Å². The van der Waals surface area contributed by atoms with E-state index in [-0.39, 0.29) is 23.8 Å². The van der Waals surface area contributed by atoms with Crippen molar-refractivity contribution in [3.63, 3.8) is 0 Å². The quantitative estimate of drug-likeness (QED) is 0.859. The largest absolute Gasteiger partial charge is 0.325 e. The van der Waals surface area contributed by atoms with Crippen molar-refractivity contribution in [2.24, 2.45) is 0 Å². The Bertz CT molecular complexity index is 598. The number of carbonyl (C=O) groups is 1. The van der Waals surface area contributed by atoms with Gasteiger partial charge >= 0.3 is 0 Å². The molecule has 0 aromatic heterocycles. The van der Waals surface area contributed by atoms with Crippen molar-refractivity contribution in [1.82, 2.24) is 5.32 Å². The first-order valence-electron chi connectivity index (χ1n) is 7.41. The van der Waals surface area contributed by atoms with Gasteiger partial charge in [0, 0.05) is 11.7 Å². The Morgan fingerprint density at radius 2 is 1.68 bits per heavy atom. The summed E-state index contributed by atoms with van der Waals surface area (Å²) in [5.74, 6) is -0.308. The van der Waals surface area contributed by atoms with Gasteiger partial charge in [0.25, 0.3) is 0 Å². The van der Waals surface area contributed by atoms with Crippen molar-refractivity contribution in [3.05, 3.63) is 66.0 Å². The Hall–Kier alpha value is -2.20. The van der Waals surface area contributed by atoms with Crippen LogP contribution in [-0.4, -0.2) is 18.0 Å². The third kappa shape index (κ3) is 4.97. The number of anilines is 1. The number of rotatable bonds is 6.